The maximum atomic E-state index is 11.7. The van der Waals surface area contributed by atoms with Crippen LogP contribution in [-0.2, 0) is 4.79 Å². The summed E-state index contributed by atoms with van der Waals surface area (Å²) in [6.07, 6.45) is 5.04. The third kappa shape index (κ3) is 2.48. The predicted octanol–water partition coefficient (Wildman–Crippen LogP) is 0.676. The Bertz CT molecular complexity index is 295. The normalized spacial score (nSPS) is 35.6. The van der Waals surface area contributed by atoms with Crippen molar-refractivity contribution in [3.8, 4) is 6.07 Å². The summed E-state index contributed by atoms with van der Waals surface area (Å²) >= 11 is 0. The van der Waals surface area contributed by atoms with Gasteiger partial charge in [-0.2, -0.15) is 5.26 Å². The Kier molecular flexibility index (Phi) is 2.66. The van der Waals surface area contributed by atoms with Crippen molar-refractivity contribution in [3.63, 3.8) is 0 Å². The van der Waals surface area contributed by atoms with E-state index in [0.29, 0.717) is 18.9 Å². The van der Waals surface area contributed by atoms with Crippen molar-refractivity contribution < 1.29 is 4.79 Å². The predicted molar refractivity (Wildman–Crippen MR) is 55.7 cm³/mol. The molecular weight excluding hydrogens is 190 g/mol. The molecule has 0 aliphatic heterocycles. The topological polar surface area (TPSA) is 78.9 Å². The highest BCUT2D eigenvalue weighted by atomic mass is 16.2. The second-order valence-electron chi connectivity index (χ2n) is 4.83. The maximum absolute atomic E-state index is 11.7. The molecule has 15 heavy (non-hydrogen) atoms. The smallest absolute Gasteiger partial charge is 0.223 e. The highest BCUT2D eigenvalue weighted by Gasteiger charge is 2.35. The lowest BCUT2D eigenvalue weighted by Crippen LogP contribution is -2.45. The molecule has 2 aliphatic rings. The Morgan fingerprint density at radius 1 is 1.33 bits per heavy atom. The van der Waals surface area contributed by atoms with Gasteiger partial charge in [-0.25, -0.2) is 0 Å². The molecule has 0 atom stereocenters. The third-order valence-electron chi connectivity index (χ3n) is 3.40. The number of rotatable bonds is 2. The molecule has 0 aromatic carbocycles. The van der Waals surface area contributed by atoms with Crippen molar-refractivity contribution in [1.82, 2.24) is 5.32 Å². The monoisotopic (exact) mass is 207 g/mol. The highest BCUT2D eigenvalue weighted by Crippen LogP contribution is 2.31. The van der Waals surface area contributed by atoms with Crippen LogP contribution in [0, 0.1) is 17.2 Å². The van der Waals surface area contributed by atoms with Crippen molar-refractivity contribution in [1.29, 1.82) is 5.26 Å². The molecule has 0 aromatic heterocycles. The summed E-state index contributed by atoms with van der Waals surface area (Å²) in [5.41, 5.74) is 5.16. The summed E-state index contributed by atoms with van der Waals surface area (Å²) in [6, 6.07) is 2.57. The average Bonchev–Trinajstić information content (AvgIpc) is 3.03. The van der Waals surface area contributed by atoms with Gasteiger partial charge in [-0.3, -0.25) is 4.79 Å². The van der Waals surface area contributed by atoms with Gasteiger partial charge < -0.3 is 11.1 Å². The number of carbonyl (C=O) groups is 1. The lowest BCUT2D eigenvalue weighted by molar-refractivity contribution is -0.126. The van der Waals surface area contributed by atoms with E-state index in [9.17, 15) is 4.79 Å². The minimum atomic E-state index is -0.684. The molecule has 0 saturated heterocycles. The van der Waals surface area contributed by atoms with Crippen LogP contribution >= 0.6 is 0 Å². The summed E-state index contributed by atoms with van der Waals surface area (Å²) < 4.78 is 0. The number of nitriles is 1. The van der Waals surface area contributed by atoms with Crippen LogP contribution in [0.5, 0.6) is 0 Å². The first-order valence-corrected chi connectivity index (χ1v) is 5.63. The number of hydrogen-bond donors (Lipinski definition) is 2. The number of amides is 1. The van der Waals surface area contributed by atoms with Gasteiger partial charge in [0.15, 0.2) is 0 Å². The van der Waals surface area contributed by atoms with Gasteiger partial charge in [0.1, 0.15) is 5.54 Å². The number of nitrogens with zero attached hydrogens (tertiary/aromatic N) is 1. The molecule has 82 valence electrons. The van der Waals surface area contributed by atoms with Crippen molar-refractivity contribution in [3.05, 3.63) is 0 Å². The summed E-state index contributed by atoms with van der Waals surface area (Å²) in [4.78, 5) is 11.7. The molecule has 0 spiro atoms. The Morgan fingerprint density at radius 3 is 2.40 bits per heavy atom. The number of hydrogen-bond acceptors (Lipinski definition) is 3. The first-order chi connectivity index (χ1) is 7.13. The Hall–Kier alpha value is -1.08. The SMILES string of the molecule is N#CC1(N)CCC(C(=O)NC2CC2)CC1. The van der Waals surface area contributed by atoms with Crippen molar-refractivity contribution in [2.24, 2.45) is 11.7 Å². The standard InChI is InChI=1S/C11H17N3O/c12-7-11(13)5-3-8(4-6-11)10(15)14-9-1-2-9/h8-9H,1-6,13H2,(H,14,15). The van der Waals surface area contributed by atoms with Crippen molar-refractivity contribution in [2.45, 2.75) is 50.1 Å². The van der Waals surface area contributed by atoms with Crippen molar-refractivity contribution in [2.75, 3.05) is 0 Å². The molecule has 0 aromatic rings. The maximum Gasteiger partial charge on any atom is 0.223 e. The average molecular weight is 207 g/mol. The van der Waals surface area contributed by atoms with Crippen LogP contribution in [-0.4, -0.2) is 17.5 Å². The fourth-order valence-electron chi connectivity index (χ4n) is 2.05. The van der Waals surface area contributed by atoms with Gasteiger partial charge >= 0.3 is 0 Å². The molecule has 1 amide bonds. The Morgan fingerprint density at radius 2 is 1.93 bits per heavy atom. The van der Waals surface area contributed by atoms with Crippen LogP contribution in [0.1, 0.15) is 38.5 Å². The van der Waals surface area contributed by atoms with E-state index in [1.54, 1.807) is 0 Å². The van der Waals surface area contributed by atoms with Gasteiger partial charge in [-0.05, 0) is 38.5 Å². The van der Waals surface area contributed by atoms with Gasteiger partial charge in [0.05, 0.1) is 6.07 Å². The van der Waals surface area contributed by atoms with Crippen LogP contribution in [0.2, 0.25) is 0 Å². The fourth-order valence-corrected chi connectivity index (χ4v) is 2.05. The quantitative estimate of drug-likeness (QED) is 0.698. The second kappa shape index (κ2) is 3.82. The summed E-state index contributed by atoms with van der Waals surface area (Å²) in [5.74, 6) is 0.244. The first kappa shape index (κ1) is 10.4. The fraction of sp³-hybridized carbons (Fsp3) is 0.818. The third-order valence-corrected chi connectivity index (χ3v) is 3.40. The minimum Gasteiger partial charge on any atom is -0.353 e. The molecule has 0 bridgehead atoms. The van der Waals surface area contributed by atoms with Gasteiger partial charge in [-0.15, -0.1) is 0 Å². The highest BCUT2D eigenvalue weighted by molar-refractivity contribution is 5.79. The van der Waals surface area contributed by atoms with E-state index in [1.165, 1.54) is 0 Å². The van der Waals surface area contributed by atoms with Gasteiger partial charge in [0.2, 0.25) is 5.91 Å². The number of carbonyl (C=O) groups excluding carboxylic acids is 1. The van der Waals surface area contributed by atoms with Gasteiger partial charge in [0.25, 0.3) is 0 Å². The van der Waals surface area contributed by atoms with Crippen LogP contribution in [0.15, 0.2) is 0 Å². The number of nitrogens with one attached hydrogen (secondary N) is 1. The lowest BCUT2D eigenvalue weighted by atomic mass is 9.77. The zero-order valence-corrected chi connectivity index (χ0v) is 8.83. The zero-order chi connectivity index (χ0) is 10.9. The van der Waals surface area contributed by atoms with Crippen LogP contribution in [0.4, 0.5) is 0 Å². The van der Waals surface area contributed by atoms with E-state index in [-0.39, 0.29) is 11.8 Å². The lowest BCUT2D eigenvalue weighted by Gasteiger charge is -2.30. The molecule has 4 heteroatoms. The van der Waals surface area contributed by atoms with E-state index in [4.69, 9.17) is 11.0 Å². The molecule has 0 radical (unpaired) electrons. The summed E-state index contributed by atoms with van der Waals surface area (Å²) in [5, 5.41) is 11.9. The molecule has 0 unspecified atom stereocenters. The van der Waals surface area contributed by atoms with Crippen LogP contribution in [0.25, 0.3) is 0 Å². The molecular formula is C11H17N3O. The molecule has 4 nitrogen and oxygen atoms in total. The Balaban J connectivity index is 1.82. The van der Waals surface area contributed by atoms with E-state index in [2.05, 4.69) is 11.4 Å². The molecule has 3 N–H and O–H groups in total. The first-order valence-electron chi connectivity index (χ1n) is 5.63. The van der Waals surface area contributed by atoms with Gasteiger partial charge in [0, 0.05) is 12.0 Å². The van der Waals surface area contributed by atoms with E-state index < -0.39 is 5.54 Å². The Labute approximate surface area is 89.8 Å². The van der Waals surface area contributed by atoms with E-state index in [1.807, 2.05) is 0 Å². The van der Waals surface area contributed by atoms with Crippen LogP contribution in [0.3, 0.4) is 0 Å². The zero-order valence-electron chi connectivity index (χ0n) is 8.83. The molecule has 2 rings (SSSR count). The largest absolute Gasteiger partial charge is 0.353 e. The molecule has 0 heterocycles. The molecule has 2 fully saturated rings. The van der Waals surface area contributed by atoms with E-state index >= 15 is 0 Å². The van der Waals surface area contributed by atoms with Crippen LogP contribution < -0.4 is 11.1 Å². The van der Waals surface area contributed by atoms with Crippen molar-refractivity contribution >= 4 is 5.91 Å². The summed E-state index contributed by atoms with van der Waals surface area (Å²) in [7, 11) is 0. The number of nitrogens with two attached hydrogens (primary N) is 1. The summed E-state index contributed by atoms with van der Waals surface area (Å²) in [6.45, 7) is 0. The molecule has 2 saturated carbocycles. The minimum absolute atomic E-state index is 0.0793. The van der Waals surface area contributed by atoms with E-state index in [0.717, 1.165) is 25.7 Å². The molecule has 2 aliphatic carbocycles. The van der Waals surface area contributed by atoms with Gasteiger partial charge in [-0.1, -0.05) is 0 Å². The second-order valence-corrected chi connectivity index (χ2v) is 4.83.